The molecule has 1 atom stereocenters. The average molecular weight is 177 g/mol. The van der Waals surface area contributed by atoms with Gasteiger partial charge in [0.2, 0.25) is 5.63 Å². The topological polar surface area (TPSA) is 37.3 Å². The second-order valence-corrected chi connectivity index (χ2v) is 2.02. The third-order valence-electron chi connectivity index (χ3n) is 0.706. The van der Waals surface area contributed by atoms with Crippen molar-refractivity contribution in [2.75, 3.05) is 0 Å². The summed E-state index contributed by atoms with van der Waals surface area (Å²) in [5.41, 5.74) is -2.94. The molecular formula is C4H4ClF3O2. The zero-order chi connectivity index (χ0) is 8.36. The number of alkyl halides is 4. The largest absolute Gasteiger partial charge is 0.481 e. The van der Waals surface area contributed by atoms with Gasteiger partial charge in [-0.3, -0.25) is 4.79 Å². The van der Waals surface area contributed by atoms with E-state index in [0.717, 1.165) is 0 Å². The summed E-state index contributed by atoms with van der Waals surface area (Å²) in [4.78, 5) is 9.61. The molecule has 0 radical (unpaired) electrons. The summed E-state index contributed by atoms with van der Waals surface area (Å²) in [6.07, 6.45) is -1.59. The van der Waals surface area contributed by atoms with Crippen LogP contribution in [0.5, 0.6) is 0 Å². The van der Waals surface area contributed by atoms with Gasteiger partial charge in [0.1, 0.15) is 6.42 Å². The lowest BCUT2D eigenvalue weighted by Crippen LogP contribution is -2.28. The van der Waals surface area contributed by atoms with Gasteiger partial charge in [-0.05, 0) is 0 Å². The summed E-state index contributed by atoms with van der Waals surface area (Å²) >= 11 is 4.33. The lowest BCUT2D eigenvalue weighted by molar-refractivity contribution is -0.147. The van der Waals surface area contributed by atoms with Crippen molar-refractivity contribution < 1.29 is 23.1 Å². The highest BCUT2D eigenvalue weighted by atomic mass is 35.5. The molecule has 0 spiro atoms. The molecular weight excluding hydrogens is 172 g/mol. The molecule has 0 aromatic rings. The van der Waals surface area contributed by atoms with Crippen molar-refractivity contribution in [3.63, 3.8) is 0 Å². The first kappa shape index (κ1) is 9.55. The number of rotatable bonds is 3. The van der Waals surface area contributed by atoms with E-state index in [4.69, 9.17) is 5.11 Å². The van der Waals surface area contributed by atoms with Crippen LogP contribution >= 0.6 is 11.6 Å². The maximum atomic E-state index is 11.9. The van der Waals surface area contributed by atoms with Crippen LogP contribution in [-0.4, -0.2) is 22.6 Å². The molecule has 0 aliphatic rings. The summed E-state index contributed by atoms with van der Waals surface area (Å²) < 4.78 is 35.4. The van der Waals surface area contributed by atoms with E-state index in [-0.39, 0.29) is 0 Å². The molecule has 0 aliphatic carbocycles. The number of hydrogen-bond donors (Lipinski definition) is 1. The molecule has 0 fully saturated rings. The molecule has 0 bridgehead atoms. The van der Waals surface area contributed by atoms with Gasteiger partial charge in [0.25, 0.3) is 0 Å². The van der Waals surface area contributed by atoms with E-state index < -0.39 is 23.9 Å². The lowest BCUT2D eigenvalue weighted by atomic mass is 10.2. The van der Waals surface area contributed by atoms with E-state index in [2.05, 4.69) is 11.6 Å². The molecule has 0 aromatic carbocycles. The maximum absolute atomic E-state index is 11.9. The Bertz CT molecular complexity index is 136. The number of halogens is 4. The summed E-state index contributed by atoms with van der Waals surface area (Å²) in [6, 6.07) is 0. The molecule has 6 heteroatoms. The van der Waals surface area contributed by atoms with E-state index in [1.165, 1.54) is 0 Å². The molecule has 0 heterocycles. The van der Waals surface area contributed by atoms with Crippen molar-refractivity contribution in [2.45, 2.75) is 18.0 Å². The van der Waals surface area contributed by atoms with E-state index in [1.807, 2.05) is 0 Å². The monoisotopic (exact) mass is 176 g/mol. The number of hydrogen-bond acceptors (Lipinski definition) is 1. The molecule has 1 unspecified atom stereocenters. The van der Waals surface area contributed by atoms with Crippen molar-refractivity contribution >= 4 is 17.6 Å². The van der Waals surface area contributed by atoms with Crippen LogP contribution in [0.15, 0.2) is 0 Å². The Balaban J connectivity index is 3.99. The predicted molar refractivity (Wildman–Crippen MR) is 27.9 cm³/mol. The van der Waals surface area contributed by atoms with E-state index >= 15 is 0 Å². The zero-order valence-electron chi connectivity index (χ0n) is 4.65. The highest BCUT2D eigenvalue weighted by Crippen LogP contribution is 2.27. The Morgan fingerprint density at radius 2 is 2.10 bits per heavy atom. The molecule has 2 nitrogen and oxygen atoms in total. The number of carboxylic acids is 1. The van der Waals surface area contributed by atoms with Crippen molar-refractivity contribution in [3.05, 3.63) is 0 Å². The molecule has 0 rings (SSSR count). The summed E-state index contributed by atoms with van der Waals surface area (Å²) in [5, 5.41) is 7.79. The van der Waals surface area contributed by atoms with Crippen LogP contribution in [0.2, 0.25) is 0 Å². The zero-order valence-corrected chi connectivity index (χ0v) is 5.41. The smallest absolute Gasteiger partial charge is 0.309 e. The predicted octanol–water partition coefficient (Wildman–Crippen LogP) is 1.63. The van der Waals surface area contributed by atoms with Gasteiger partial charge >= 0.3 is 11.9 Å². The fraction of sp³-hybridized carbons (Fsp3) is 0.750. The maximum Gasteiger partial charge on any atom is 0.309 e. The minimum absolute atomic E-state index is 1.59. The van der Waals surface area contributed by atoms with Crippen LogP contribution < -0.4 is 0 Å². The fourth-order valence-corrected chi connectivity index (χ4v) is 0.356. The van der Waals surface area contributed by atoms with Crippen LogP contribution in [0.3, 0.4) is 0 Å². The first-order valence-electron chi connectivity index (χ1n) is 2.24. The van der Waals surface area contributed by atoms with Gasteiger partial charge in [-0.1, -0.05) is 11.6 Å². The normalized spacial score (nSPS) is 14.8. The molecule has 10 heavy (non-hydrogen) atoms. The fourth-order valence-electron chi connectivity index (χ4n) is 0.279. The van der Waals surface area contributed by atoms with Crippen LogP contribution in [0.1, 0.15) is 6.42 Å². The SMILES string of the molecule is O=C(O)CC(F)(F)C(F)Cl. The van der Waals surface area contributed by atoms with Gasteiger partial charge in [0, 0.05) is 0 Å². The Kier molecular flexibility index (Phi) is 2.96. The average Bonchev–Trinajstić information content (AvgIpc) is 1.60. The van der Waals surface area contributed by atoms with Gasteiger partial charge in [-0.15, -0.1) is 0 Å². The first-order valence-corrected chi connectivity index (χ1v) is 2.67. The molecule has 0 aromatic heterocycles. The van der Waals surface area contributed by atoms with Crippen LogP contribution in [-0.2, 0) is 4.79 Å². The number of aliphatic carboxylic acids is 1. The van der Waals surface area contributed by atoms with Crippen LogP contribution in [0, 0.1) is 0 Å². The molecule has 60 valence electrons. The quantitative estimate of drug-likeness (QED) is 0.664. The lowest BCUT2D eigenvalue weighted by Gasteiger charge is -2.12. The highest BCUT2D eigenvalue weighted by molar-refractivity contribution is 6.20. The van der Waals surface area contributed by atoms with Crippen molar-refractivity contribution in [2.24, 2.45) is 0 Å². The van der Waals surface area contributed by atoms with Gasteiger partial charge in [-0.25, -0.2) is 13.2 Å². The standard InChI is InChI=1S/C4H4ClF3O2/c5-3(6)4(7,8)1-2(9)10/h3H,1H2,(H,9,10). The van der Waals surface area contributed by atoms with Crippen molar-refractivity contribution in [1.29, 1.82) is 0 Å². The van der Waals surface area contributed by atoms with Gasteiger partial charge < -0.3 is 5.11 Å². The number of carbonyl (C=O) groups is 1. The van der Waals surface area contributed by atoms with Gasteiger partial charge in [-0.2, -0.15) is 0 Å². The minimum atomic E-state index is -3.98. The summed E-state index contributed by atoms with van der Waals surface area (Å²) in [6.45, 7) is 0. The number of carboxylic acid groups (broad SMARTS) is 1. The Hall–Kier alpha value is -0.450. The second kappa shape index (κ2) is 3.09. The molecule has 0 amide bonds. The van der Waals surface area contributed by atoms with Crippen molar-refractivity contribution in [3.8, 4) is 0 Å². The third kappa shape index (κ3) is 2.91. The van der Waals surface area contributed by atoms with Crippen LogP contribution in [0.4, 0.5) is 13.2 Å². The molecule has 0 saturated heterocycles. The Morgan fingerprint density at radius 3 is 2.20 bits per heavy atom. The summed E-state index contributed by atoms with van der Waals surface area (Å²) in [7, 11) is 0. The van der Waals surface area contributed by atoms with E-state index in [0.29, 0.717) is 0 Å². The molecule has 0 saturated carbocycles. The third-order valence-corrected chi connectivity index (χ3v) is 1.03. The van der Waals surface area contributed by atoms with Gasteiger partial charge in [0.15, 0.2) is 0 Å². The van der Waals surface area contributed by atoms with E-state index in [1.54, 1.807) is 0 Å². The Morgan fingerprint density at radius 1 is 1.70 bits per heavy atom. The first-order chi connectivity index (χ1) is 4.36. The van der Waals surface area contributed by atoms with Crippen LogP contribution in [0.25, 0.3) is 0 Å². The van der Waals surface area contributed by atoms with Gasteiger partial charge in [0.05, 0.1) is 0 Å². The van der Waals surface area contributed by atoms with Crippen molar-refractivity contribution in [1.82, 2.24) is 0 Å². The molecule has 0 aliphatic heterocycles. The Labute approximate surface area is 59.6 Å². The summed E-state index contributed by atoms with van der Waals surface area (Å²) in [5.74, 6) is -5.76. The minimum Gasteiger partial charge on any atom is -0.481 e. The molecule has 1 N–H and O–H groups in total. The highest BCUT2D eigenvalue weighted by Gasteiger charge is 2.41. The van der Waals surface area contributed by atoms with E-state index in [9.17, 15) is 18.0 Å². The second-order valence-electron chi connectivity index (χ2n) is 1.63.